The average Bonchev–Trinajstić information content (AvgIpc) is 2.56. The van der Waals surface area contributed by atoms with Gasteiger partial charge in [-0.2, -0.15) is 0 Å². The molecule has 1 aromatic carbocycles. The number of carbonyl (C=O) groups is 2. The van der Waals surface area contributed by atoms with Crippen molar-refractivity contribution in [2.75, 3.05) is 26.2 Å². The molecule has 1 N–H and O–H groups in total. The molecule has 0 amide bonds. The zero-order chi connectivity index (χ0) is 16.8. The van der Waals surface area contributed by atoms with Crippen molar-refractivity contribution in [1.82, 2.24) is 4.90 Å². The number of halogens is 1. The minimum absolute atomic E-state index is 0.0583. The molecule has 1 saturated heterocycles. The van der Waals surface area contributed by atoms with Gasteiger partial charge in [-0.25, -0.2) is 4.79 Å². The number of nitrogens with zero attached hydrogens (tertiary/aromatic N) is 1. The van der Waals surface area contributed by atoms with Crippen LogP contribution in [0, 0.1) is 0 Å². The van der Waals surface area contributed by atoms with E-state index in [0.717, 1.165) is 13.1 Å². The molecule has 1 aliphatic rings. The van der Waals surface area contributed by atoms with Gasteiger partial charge in [-0.3, -0.25) is 9.69 Å². The van der Waals surface area contributed by atoms with E-state index in [9.17, 15) is 14.7 Å². The molecule has 6 heteroatoms. The van der Waals surface area contributed by atoms with E-state index < -0.39 is 5.97 Å². The van der Waals surface area contributed by atoms with Crippen LogP contribution in [0.5, 0.6) is 5.75 Å². The summed E-state index contributed by atoms with van der Waals surface area (Å²) in [6.45, 7) is 4.65. The standard InChI is InChI=1S/C17H22ClNO4/c1-2-15(20)13-10-12(18)11-14(16(13)21)17(22)23-9-8-19-6-4-3-5-7-19/h10-11,21H,2-9H2,1H3. The second-order valence-corrected chi connectivity index (χ2v) is 6.10. The Bertz CT molecular complexity index is 582. The third-order valence-corrected chi connectivity index (χ3v) is 4.22. The maximum Gasteiger partial charge on any atom is 0.342 e. The highest BCUT2D eigenvalue weighted by Crippen LogP contribution is 2.29. The van der Waals surface area contributed by atoms with E-state index in [1.807, 2.05) is 0 Å². The summed E-state index contributed by atoms with van der Waals surface area (Å²) in [5.41, 5.74) is -0.00377. The zero-order valence-electron chi connectivity index (χ0n) is 13.3. The number of piperidine rings is 1. The van der Waals surface area contributed by atoms with Gasteiger partial charge in [-0.1, -0.05) is 24.9 Å². The molecular formula is C17H22ClNO4. The molecular weight excluding hydrogens is 318 g/mol. The highest BCUT2D eigenvalue weighted by Gasteiger charge is 2.21. The van der Waals surface area contributed by atoms with Crippen LogP contribution < -0.4 is 0 Å². The second-order valence-electron chi connectivity index (χ2n) is 5.66. The van der Waals surface area contributed by atoms with E-state index in [1.165, 1.54) is 31.4 Å². The number of benzene rings is 1. The second kappa shape index (κ2) is 8.31. The van der Waals surface area contributed by atoms with Gasteiger partial charge < -0.3 is 9.84 Å². The first-order chi connectivity index (χ1) is 11.0. The third-order valence-electron chi connectivity index (χ3n) is 4.01. The lowest BCUT2D eigenvalue weighted by molar-refractivity contribution is 0.0449. The first-order valence-electron chi connectivity index (χ1n) is 7.98. The van der Waals surface area contributed by atoms with Gasteiger partial charge in [0.15, 0.2) is 5.78 Å². The van der Waals surface area contributed by atoms with E-state index in [1.54, 1.807) is 6.92 Å². The van der Waals surface area contributed by atoms with Crippen LogP contribution in [0.25, 0.3) is 0 Å². The Hall–Kier alpha value is -1.59. The smallest absolute Gasteiger partial charge is 0.342 e. The maximum absolute atomic E-state index is 12.2. The van der Waals surface area contributed by atoms with Crippen molar-refractivity contribution in [3.63, 3.8) is 0 Å². The lowest BCUT2D eigenvalue weighted by atomic mass is 10.0. The van der Waals surface area contributed by atoms with Crippen molar-refractivity contribution in [2.24, 2.45) is 0 Å². The fraction of sp³-hybridized carbons (Fsp3) is 0.529. The Labute approximate surface area is 141 Å². The Kier molecular flexibility index (Phi) is 6.42. The Balaban J connectivity index is 2.01. The summed E-state index contributed by atoms with van der Waals surface area (Å²) in [6.07, 6.45) is 3.81. The van der Waals surface area contributed by atoms with Crippen LogP contribution in [0.1, 0.15) is 53.3 Å². The molecule has 1 heterocycles. The molecule has 1 aliphatic heterocycles. The molecule has 1 fully saturated rings. The number of likely N-dealkylation sites (tertiary alicyclic amines) is 1. The van der Waals surface area contributed by atoms with Gasteiger partial charge in [-0.15, -0.1) is 0 Å². The van der Waals surface area contributed by atoms with Crippen molar-refractivity contribution < 1.29 is 19.4 Å². The molecule has 0 saturated carbocycles. The Morgan fingerprint density at radius 1 is 1.22 bits per heavy atom. The molecule has 2 rings (SSSR count). The fourth-order valence-electron chi connectivity index (χ4n) is 2.69. The van der Waals surface area contributed by atoms with Crippen LogP contribution in [-0.2, 0) is 4.74 Å². The number of ketones is 1. The highest BCUT2D eigenvalue weighted by molar-refractivity contribution is 6.31. The molecule has 0 aliphatic carbocycles. The Morgan fingerprint density at radius 3 is 2.52 bits per heavy atom. The van der Waals surface area contributed by atoms with Crippen LogP contribution in [0.15, 0.2) is 12.1 Å². The number of hydrogen-bond acceptors (Lipinski definition) is 5. The lowest BCUT2D eigenvalue weighted by Gasteiger charge is -2.25. The summed E-state index contributed by atoms with van der Waals surface area (Å²) in [7, 11) is 0. The highest BCUT2D eigenvalue weighted by atomic mass is 35.5. The van der Waals surface area contributed by atoms with Crippen molar-refractivity contribution >= 4 is 23.4 Å². The summed E-state index contributed by atoms with van der Waals surface area (Å²) < 4.78 is 5.22. The SMILES string of the molecule is CCC(=O)c1cc(Cl)cc(C(=O)OCCN2CCCCC2)c1O. The predicted octanol–water partition coefficient (Wildman–Crippen LogP) is 3.28. The maximum atomic E-state index is 12.2. The fourth-order valence-corrected chi connectivity index (χ4v) is 2.90. The van der Waals surface area contributed by atoms with E-state index in [0.29, 0.717) is 6.54 Å². The van der Waals surface area contributed by atoms with Crippen molar-refractivity contribution in [3.8, 4) is 5.75 Å². The first-order valence-corrected chi connectivity index (χ1v) is 8.36. The monoisotopic (exact) mass is 339 g/mol. The number of carbonyl (C=O) groups excluding carboxylic acids is 2. The zero-order valence-corrected chi connectivity index (χ0v) is 14.1. The topological polar surface area (TPSA) is 66.8 Å². The number of rotatable bonds is 6. The van der Waals surface area contributed by atoms with Gasteiger partial charge in [0.05, 0.1) is 5.56 Å². The summed E-state index contributed by atoms with van der Waals surface area (Å²) >= 11 is 5.94. The van der Waals surface area contributed by atoms with E-state index in [-0.39, 0.29) is 40.7 Å². The number of Topliss-reactive ketones (excluding diaryl/α,β-unsaturated/α-hetero) is 1. The quantitative estimate of drug-likeness (QED) is 0.636. The molecule has 1 aromatic rings. The minimum Gasteiger partial charge on any atom is -0.506 e. The molecule has 0 spiro atoms. The number of hydrogen-bond donors (Lipinski definition) is 1. The van der Waals surface area contributed by atoms with Crippen molar-refractivity contribution in [2.45, 2.75) is 32.6 Å². The Morgan fingerprint density at radius 2 is 1.87 bits per heavy atom. The van der Waals surface area contributed by atoms with Crippen LogP contribution in [0.2, 0.25) is 5.02 Å². The number of esters is 1. The summed E-state index contributed by atoms with van der Waals surface area (Å²) in [4.78, 5) is 26.2. The van der Waals surface area contributed by atoms with E-state index in [2.05, 4.69) is 4.90 Å². The molecule has 0 unspecified atom stereocenters. The van der Waals surface area contributed by atoms with Gasteiger partial charge >= 0.3 is 5.97 Å². The minimum atomic E-state index is -0.660. The van der Waals surface area contributed by atoms with Crippen LogP contribution in [-0.4, -0.2) is 48.0 Å². The van der Waals surface area contributed by atoms with Gasteiger partial charge in [0.25, 0.3) is 0 Å². The molecule has 0 bridgehead atoms. The van der Waals surface area contributed by atoms with Crippen LogP contribution >= 0.6 is 11.6 Å². The van der Waals surface area contributed by atoms with Crippen molar-refractivity contribution in [1.29, 1.82) is 0 Å². The molecule has 0 aromatic heterocycles. The predicted molar refractivity (Wildman–Crippen MR) is 88.3 cm³/mol. The summed E-state index contributed by atoms with van der Waals surface area (Å²) in [5, 5.41) is 10.4. The molecule has 126 valence electrons. The molecule has 23 heavy (non-hydrogen) atoms. The largest absolute Gasteiger partial charge is 0.506 e. The van der Waals surface area contributed by atoms with Crippen molar-refractivity contribution in [3.05, 3.63) is 28.3 Å². The molecule has 5 nitrogen and oxygen atoms in total. The lowest BCUT2D eigenvalue weighted by Crippen LogP contribution is -2.33. The van der Waals surface area contributed by atoms with Gasteiger partial charge in [0, 0.05) is 18.0 Å². The van der Waals surface area contributed by atoms with E-state index >= 15 is 0 Å². The molecule has 0 atom stereocenters. The summed E-state index contributed by atoms with van der Waals surface area (Å²) in [6, 6.07) is 2.69. The van der Waals surface area contributed by atoms with Gasteiger partial charge in [-0.05, 0) is 38.1 Å². The number of aromatic hydroxyl groups is 1. The summed E-state index contributed by atoms with van der Waals surface area (Å²) in [5.74, 6) is -1.29. The number of phenolic OH excluding ortho intramolecular Hbond substituents is 1. The van der Waals surface area contributed by atoms with Crippen LogP contribution in [0.4, 0.5) is 0 Å². The average molecular weight is 340 g/mol. The van der Waals surface area contributed by atoms with Gasteiger partial charge in [0.2, 0.25) is 0 Å². The van der Waals surface area contributed by atoms with Gasteiger partial charge in [0.1, 0.15) is 17.9 Å². The first kappa shape index (κ1) is 17.8. The number of phenols is 1. The third kappa shape index (κ3) is 4.69. The van der Waals surface area contributed by atoms with E-state index in [4.69, 9.17) is 16.3 Å². The molecule has 0 radical (unpaired) electrons. The van der Waals surface area contributed by atoms with Crippen LogP contribution in [0.3, 0.4) is 0 Å². The number of ether oxygens (including phenoxy) is 1. The normalized spacial score (nSPS) is 15.4.